The van der Waals surface area contributed by atoms with E-state index in [0.717, 1.165) is 12.8 Å². The predicted octanol–water partition coefficient (Wildman–Crippen LogP) is 1.46. The standard InChI is InChI=1S/C16H26N2O4S/c1-13(17)14-7-9-18(10-8-14)23(19,20)16-5-3-15(4-6-16)22-12-11-21-2/h3-6,13-14H,7-12,17H2,1-2H3. The van der Waals surface area contributed by atoms with Crippen LogP contribution in [0.3, 0.4) is 0 Å². The molecule has 6 nitrogen and oxygen atoms in total. The summed E-state index contributed by atoms with van der Waals surface area (Å²) in [4.78, 5) is 0.302. The Labute approximate surface area is 138 Å². The molecule has 1 heterocycles. The number of piperidine rings is 1. The Morgan fingerprint density at radius 2 is 1.83 bits per heavy atom. The summed E-state index contributed by atoms with van der Waals surface area (Å²) in [5, 5.41) is 0. The van der Waals surface area contributed by atoms with Gasteiger partial charge in [0.15, 0.2) is 0 Å². The summed E-state index contributed by atoms with van der Waals surface area (Å²) in [6, 6.07) is 6.65. The van der Waals surface area contributed by atoms with Gasteiger partial charge >= 0.3 is 0 Å². The number of ether oxygens (including phenoxy) is 2. The van der Waals surface area contributed by atoms with E-state index in [0.29, 0.717) is 42.9 Å². The second kappa shape index (κ2) is 8.10. The molecule has 0 radical (unpaired) electrons. The summed E-state index contributed by atoms with van der Waals surface area (Å²) in [5.74, 6) is 1.04. The zero-order chi connectivity index (χ0) is 16.9. The molecule has 1 atom stereocenters. The number of hydrogen-bond acceptors (Lipinski definition) is 5. The number of sulfonamides is 1. The third-order valence-corrected chi connectivity index (χ3v) is 6.17. The minimum absolute atomic E-state index is 0.114. The van der Waals surface area contributed by atoms with E-state index in [1.54, 1.807) is 35.7 Å². The molecule has 0 spiro atoms. The Bertz CT molecular complexity index is 579. The Morgan fingerprint density at radius 3 is 2.35 bits per heavy atom. The lowest BCUT2D eigenvalue weighted by Crippen LogP contribution is -2.42. The fourth-order valence-electron chi connectivity index (χ4n) is 2.74. The van der Waals surface area contributed by atoms with E-state index in [-0.39, 0.29) is 6.04 Å². The van der Waals surface area contributed by atoms with Crippen LogP contribution in [0.1, 0.15) is 19.8 Å². The quantitative estimate of drug-likeness (QED) is 0.759. The Hall–Kier alpha value is -1.15. The predicted molar refractivity (Wildman–Crippen MR) is 88.9 cm³/mol. The number of rotatable bonds is 7. The minimum atomic E-state index is -3.44. The van der Waals surface area contributed by atoms with Crippen molar-refractivity contribution in [3.05, 3.63) is 24.3 Å². The molecule has 0 bridgehead atoms. The largest absolute Gasteiger partial charge is 0.491 e. The van der Waals surface area contributed by atoms with Crippen molar-refractivity contribution in [2.24, 2.45) is 11.7 Å². The molecular weight excluding hydrogens is 316 g/mol. The minimum Gasteiger partial charge on any atom is -0.491 e. The van der Waals surface area contributed by atoms with E-state index >= 15 is 0 Å². The van der Waals surface area contributed by atoms with Crippen molar-refractivity contribution in [3.63, 3.8) is 0 Å². The van der Waals surface area contributed by atoms with Gasteiger partial charge in [-0.2, -0.15) is 4.31 Å². The summed E-state index contributed by atoms with van der Waals surface area (Å²) in [7, 11) is -1.84. The Balaban J connectivity index is 1.99. The van der Waals surface area contributed by atoms with Crippen molar-refractivity contribution >= 4 is 10.0 Å². The second-order valence-corrected chi connectivity index (χ2v) is 7.85. The monoisotopic (exact) mass is 342 g/mol. The van der Waals surface area contributed by atoms with Gasteiger partial charge in [-0.25, -0.2) is 8.42 Å². The molecule has 1 saturated heterocycles. The molecule has 0 aromatic heterocycles. The van der Waals surface area contributed by atoms with Gasteiger partial charge in [-0.3, -0.25) is 0 Å². The topological polar surface area (TPSA) is 81.9 Å². The zero-order valence-electron chi connectivity index (χ0n) is 13.8. The van der Waals surface area contributed by atoms with Crippen LogP contribution >= 0.6 is 0 Å². The molecule has 2 rings (SSSR count). The van der Waals surface area contributed by atoms with Crippen molar-refractivity contribution in [1.29, 1.82) is 0 Å². The van der Waals surface area contributed by atoms with E-state index in [1.165, 1.54) is 0 Å². The molecule has 2 N–H and O–H groups in total. The van der Waals surface area contributed by atoms with Gasteiger partial charge in [-0.1, -0.05) is 0 Å². The van der Waals surface area contributed by atoms with Gasteiger partial charge in [0, 0.05) is 26.2 Å². The molecule has 23 heavy (non-hydrogen) atoms. The first-order valence-electron chi connectivity index (χ1n) is 7.92. The van der Waals surface area contributed by atoms with E-state index in [2.05, 4.69) is 0 Å². The molecule has 130 valence electrons. The summed E-state index contributed by atoms with van der Waals surface area (Å²) in [5.41, 5.74) is 5.91. The average Bonchev–Trinajstić information content (AvgIpc) is 2.55. The number of benzene rings is 1. The molecule has 1 unspecified atom stereocenters. The van der Waals surface area contributed by atoms with Gasteiger partial charge in [-0.15, -0.1) is 0 Å². The highest BCUT2D eigenvalue weighted by molar-refractivity contribution is 7.89. The Morgan fingerprint density at radius 1 is 1.22 bits per heavy atom. The van der Waals surface area contributed by atoms with Crippen LogP contribution in [0.25, 0.3) is 0 Å². The third kappa shape index (κ3) is 4.67. The van der Waals surface area contributed by atoms with Crippen LogP contribution < -0.4 is 10.5 Å². The van der Waals surface area contributed by atoms with Crippen LogP contribution in [0.5, 0.6) is 5.75 Å². The first-order chi connectivity index (χ1) is 10.9. The maximum Gasteiger partial charge on any atom is 0.243 e. The van der Waals surface area contributed by atoms with E-state index < -0.39 is 10.0 Å². The molecule has 0 saturated carbocycles. The molecule has 0 amide bonds. The molecule has 1 aliphatic rings. The SMILES string of the molecule is COCCOc1ccc(S(=O)(=O)N2CCC(C(C)N)CC2)cc1. The van der Waals surface area contributed by atoms with E-state index in [9.17, 15) is 8.42 Å². The van der Waals surface area contributed by atoms with E-state index in [4.69, 9.17) is 15.2 Å². The summed E-state index contributed by atoms with van der Waals surface area (Å²) < 4.78 is 37.2. The van der Waals surface area contributed by atoms with Crippen LogP contribution in [-0.4, -0.2) is 52.2 Å². The van der Waals surface area contributed by atoms with Crippen molar-refractivity contribution in [2.45, 2.75) is 30.7 Å². The van der Waals surface area contributed by atoms with Gasteiger partial charge in [0.05, 0.1) is 11.5 Å². The van der Waals surface area contributed by atoms with Gasteiger partial charge in [0.2, 0.25) is 10.0 Å². The van der Waals surface area contributed by atoms with Gasteiger partial charge in [0.1, 0.15) is 12.4 Å². The zero-order valence-corrected chi connectivity index (χ0v) is 14.6. The van der Waals surface area contributed by atoms with Crippen molar-refractivity contribution < 1.29 is 17.9 Å². The van der Waals surface area contributed by atoms with Gasteiger partial charge < -0.3 is 15.2 Å². The molecule has 0 aliphatic carbocycles. The van der Waals surface area contributed by atoms with Gasteiger partial charge in [-0.05, 0) is 49.9 Å². The molecule has 1 aromatic carbocycles. The highest BCUT2D eigenvalue weighted by Crippen LogP contribution is 2.26. The molecular formula is C16H26N2O4S. The lowest BCUT2D eigenvalue weighted by Gasteiger charge is -2.32. The van der Waals surface area contributed by atoms with Gasteiger partial charge in [0.25, 0.3) is 0 Å². The average molecular weight is 342 g/mol. The van der Waals surface area contributed by atoms with Crippen LogP contribution in [0, 0.1) is 5.92 Å². The van der Waals surface area contributed by atoms with Crippen molar-refractivity contribution in [3.8, 4) is 5.75 Å². The van der Waals surface area contributed by atoms with Crippen molar-refractivity contribution in [2.75, 3.05) is 33.4 Å². The smallest absolute Gasteiger partial charge is 0.243 e. The van der Waals surface area contributed by atoms with Crippen LogP contribution in [0.15, 0.2) is 29.2 Å². The fraction of sp³-hybridized carbons (Fsp3) is 0.625. The number of nitrogens with zero attached hydrogens (tertiary/aromatic N) is 1. The maximum atomic E-state index is 12.7. The summed E-state index contributed by atoms with van der Waals surface area (Å²) in [6.45, 7) is 3.97. The van der Waals surface area contributed by atoms with Crippen LogP contribution in [0.4, 0.5) is 0 Å². The van der Waals surface area contributed by atoms with Crippen LogP contribution in [0.2, 0.25) is 0 Å². The summed E-state index contributed by atoms with van der Waals surface area (Å²) in [6.07, 6.45) is 1.63. The maximum absolute atomic E-state index is 12.7. The highest BCUT2D eigenvalue weighted by Gasteiger charge is 2.30. The number of methoxy groups -OCH3 is 1. The lowest BCUT2D eigenvalue weighted by atomic mass is 9.92. The first kappa shape index (κ1) is 18.2. The molecule has 7 heteroatoms. The Kier molecular flexibility index (Phi) is 6.41. The normalized spacial score (nSPS) is 18.7. The third-order valence-electron chi connectivity index (χ3n) is 4.26. The second-order valence-electron chi connectivity index (χ2n) is 5.91. The van der Waals surface area contributed by atoms with Crippen LogP contribution in [-0.2, 0) is 14.8 Å². The molecule has 1 fully saturated rings. The van der Waals surface area contributed by atoms with Crippen molar-refractivity contribution in [1.82, 2.24) is 4.31 Å². The number of hydrogen-bond donors (Lipinski definition) is 1. The molecule has 1 aliphatic heterocycles. The fourth-order valence-corrected chi connectivity index (χ4v) is 4.21. The lowest BCUT2D eigenvalue weighted by molar-refractivity contribution is 0.146. The first-order valence-corrected chi connectivity index (χ1v) is 9.36. The summed E-state index contributed by atoms with van der Waals surface area (Å²) >= 11 is 0. The number of nitrogens with two attached hydrogens (primary N) is 1. The van der Waals surface area contributed by atoms with E-state index in [1.807, 2.05) is 6.92 Å². The highest BCUT2D eigenvalue weighted by atomic mass is 32.2. The molecule has 1 aromatic rings.